The van der Waals surface area contributed by atoms with Crippen molar-refractivity contribution in [2.45, 2.75) is 0 Å². The van der Waals surface area contributed by atoms with Crippen LogP contribution in [0.25, 0.3) is 0 Å². The summed E-state index contributed by atoms with van der Waals surface area (Å²) in [5.74, 6) is 0. The Morgan fingerprint density at radius 1 is 0.625 bits per heavy atom. The van der Waals surface area contributed by atoms with Gasteiger partial charge in [-0.15, -0.1) is 17.0 Å². The summed E-state index contributed by atoms with van der Waals surface area (Å²) in [6, 6.07) is 12.0. The smallest absolute Gasteiger partial charge is 1.00 e. The van der Waals surface area contributed by atoms with Crippen LogP contribution < -0.4 is 0 Å². The summed E-state index contributed by atoms with van der Waals surface area (Å²) < 4.78 is 0. The van der Waals surface area contributed by atoms with Gasteiger partial charge in [0, 0.05) is 0 Å². The Balaban J connectivity index is -0.0000000450. The van der Waals surface area contributed by atoms with Gasteiger partial charge in [0.05, 0.1) is 0 Å². The van der Waals surface area contributed by atoms with Crippen LogP contribution in [0.4, 0.5) is 0 Å². The van der Waals surface area contributed by atoms with E-state index in [0.717, 1.165) is 0 Å². The number of rotatable bonds is 0. The van der Waals surface area contributed by atoms with Gasteiger partial charge in [-0.2, -0.15) is 0 Å². The summed E-state index contributed by atoms with van der Waals surface area (Å²) in [5.41, 5.74) is 0. The summed E-state index contributed by atoms with van der Waals surface area (Å²) in [5, 5.41) is 0. The normalized spacial score (nSPS) is 6.00. The summed E-state index contributed by atoms with van der Waals surface area (Å²) >= 11 is 0. The Bertz CT molecular complexity index is 87.7. The predicted octanol–water partition coefficient (Wildman–Crippen LogP) is 2.11. The fourth-order valence-electron chi connectivity index (χ4n) is 0.385. The number of benzene rings is 1. The zero-order valence-corrected chi connectivity index (χ0v) is 7.71. The van der Waals surface area contributed by atoms with Crippen molar-refractivity contribution in [2.24, 2.45) is 0 Å². The molecule has 0 aliphatic carbocycles. The zero-order valence-electron chi connectivity index (χ0n) is 6.58. The molecule has 2 heteroatoms. The van der Waals surface area contributed by atoms with Crippen molar-refractivity contribution in [1.29, 1.82) is 0 Å². The molecule has 0 nitrogen and oxygen atoms in total. The van der Waals surface area contributed by atoms with E-state index in [4.69, 9.17) is 0 Å². The van der Waals surface area contributed by atoms with Crippen LogP contribution in [0.3, 0.4) is 0 Å². The van der Waals surface area contributed by atoms with Gasteiger partial charge in [0.25, 0.3) is 0 Å². The molecule has 1 rings (SSSR count). The molecule has 0 aliphatic rings. The zero-order chi connectivity index (χ0) is 4.24. The Morgan fingerprint density at radius 2 is 0.750 bits per heavy atom. The van der Waals surface area contributed by atoms with E-state index in [2.05, 4.69) is 0 Å². The van der Waals surface area contributed by atoms with Crippen molar-refractivity contribution in [3.63, 3.8) is 0 Å². The first kappa shape index (κ1) is 11.3. The fourth-order valence-corrected chi connectivity index (χ4v) is 0.385. The van der Waals surface area contributed by atoms with Crippen molar-refractivity contribution in [3.8, 4) is 0 Å². The molecule has 0 aromatic heterocycles. The molecule has 0 heterocycles. The van der Waals surface area contributed by atoms with Crippen LogP contribution in [0.5, 0.6) is 0 Å². The van der Waals surface area contributed by atoms with Gasteiger partial charge in [0.2, 0.25) is 0 Å². The van der Waals surface area contributed by atoms with Gasteiger partial charge in [0.1, 0.15) is 0 Å². The minimum atomic E-state index is 0. The maximum absolute atomic E-state index is 2.00. The third kappa shape index (κ3) is 4.62. The van der Waals surface area contributed by atoms with Gasteiger partial charge in [0.15, 0.2) is 0 Å². The molecule has 0 atom stereocenters. The SMILES string of the molecule is Br.[H-].[H-].[Mg+2].c1ccccc1. The number of hydrogen-bond donors (Lipinski definition) is 0. The van der Waals surface area contributed by atoms with E-state index in [1.165, 1.54) is 0 Å². The fraction of sp³-hybridized carbons (Fsp3) is 0. The summed E-state index contributed by atoms with van der Waals surface area (Å²) in [4.78, 5) is 0. The van der Waals surface area contributed by atoms with Gasteiger partial charge < -0.3 is 2.85 Å². The first-order chi connectivity index (χ1) is 3.00. The second kappa shape index (κ2) is 7.47. The number of hydrogen-bond acceptors (Lipinski definition) is 0. The van der Waals surface area contributed by atoms with Crippen LogP contribution in [0.2, 0.25) is 0 Å². The first-order valence-corrected chi connectivity index (χ1v) is 2.00. The van der Waals surface area contributed by atoms with Crippen molar-refractivity contribution < 1.29 is 2.85 Å². The molecule has 1 aromatic carbocycles. The van der Waals surface area contributed by atoms with Gasteiger partial charge >= 0.3 is 23.1 Å². The molecular formula is C6H9BrMg. The van der Waals surface area contributed by atoms with Gasteiger partial charge in [-0.1, -0.05) is 36.4 Å². The Hall–Kier alpha value is 0.466. The molecule has 0 saturated heterocycles. The van der Waals surface area contributed by atoms with E-state index < -0.39 is 0 Å². The van der Waals surface area contributed by atoms with Gasteiger partial charge in [-0.3, -0.25) is 0 Å². The van der Waals surface area contributed by atoms with E-state index in [1.807, 2.05) is 36.4 Å². The van der Waals surface area contributed by atoms with Crippen molar-refractivity contribution in [3.05, 3.63) is 36.4 Å². The average molecular weight is 185 g/mol. The average Bonchev–Trinajstić information content (AvgIpc) is 1.72. The Kier molecular flexibility index (Phi) is 10.5. The van der Waals surface area contributed by atoms with Crippen LogP contribution in [0, 0.1) is 0 Å². The molecule has 0 amide bonds. The summed E-state index contributed by atoms with van der Waals surface area (Å²) in [7, 11) is 0. The molecule has 0 radical (unpaired) electrons. The minimum Gasteiger partial charge on any atom is -1.00 e. The molecule has 0 aliphatic heterocycles. The molecule has 0 unspecified atom stereocenters. The maximum atomic E-state index is 2.00. The van der Waals surface area contributed by atoms with Crippen LogP contribution in [-0.2, 0) is 0 Å². The molecule has 0 N–H and O–H groups in total. The largest absolute Gasteiger partial charge is 2.00 e. The molecule has 1 aromatic rings. The van der Waals surface area contributed by atoms with E-state index >= 15 is 0 Å². The van der Waals surface area contributed by atoms with E-state index in [9.17, 15) is 0 Å². The van der Waals surface area contributed by atoms with Crippen LogP contribution >= 0.6 is 17.0 Å². The Morgan fingerprint density at radius 3 is 0.875 bits per heavy atom. The third-order valence-electron chi connectivity index (χ3n) is 0.667. The Labute approximate surface area is 79.2 Å². The van der Waals surface area contributed by atoms with Crippen molar-refractivity contribution in [1.82, 2.24) is 0 Å². The summed E-state index contributed by atoms with van der Waals surface area (Å²) in [6.45, 7) is 0. The molecule has 0 saturated carbocycles. The van der Waals surface area contributed by atoms with Gasteiger partial charge in [-0.05, 0) is 0 Å². The topological polar surface area (TPSA) is 0 Å². The molecule has 42 valence electrons. The van der Waals surface area contributed by atoms with Crippen LogP contribution in [-0.4, -0.2) is 23.1 Å². The molecule has 0 spiro atoms. The summed E-state index contributed by atoms with van der Waals surface area (Å²) in [6.07, 6.45) is 0. The molecule has 0 bridgehead atoms. The quantitative estimate of drug-likeness (QED) is 0.543. The minimum absolute atomic E-state index is 0. The third-order valence-corrected chi connectivity index (χ3v) is 0.667. The van der Waals surface area contributed by atoms with Gasteiger partial charge in [-0.25, -0.2) is 0 Å². The predicted molar refractivity (Wildman–Crippen MR) is 44.7 cm³/mol. The standard InChI is InChI=1S/C6H6.BrH.Mg.2H/c1-2-4-6-5-3-1;;;;/h1-6H;1H;;;/q;;+2;2*-1. The van der Waals surface area contributed by atoms with Crippen LogP contribution in [0.1, 0.15) is 2.85 Å². The van der Waals surface area contributed by atoms with Crippen LogP contribution in [0.15, 0.2) is 36.4 Å². The second-order valence-electron chi connectivity index (χ2n) is 1.15. The van der Waals surface area contributed by atoms with Crippen molar-refractivity contribution in [2.75, 3.05) is 0 Å². The van der Waals surface area contributed by atoms with Crippen molar-refractivity contribution >= 4 is 40.0 Å². The van der Waals surface area contributed by atoms with E-state index in [1.54, 1.807) is 0 Å². The van der Waals surface area contributed by atoms with E-state index in [-0.39, 0.29) is 42.9 Å². The monoisotopic (exact) mass is 184 g/mol. The molecule has 0 fully saturated rings. The maximum Gasteiger partial charge on any atom is 2.00 e. The first-order valence-electron chi connectivity index (χ1n) is 2.00. The molecule has 8 heavy (non-hydrogen) atoms. The number of halogens is 1. The second-order valence-corrected chi connectivity index (χ2v) is 1.15. The van der Waals surface area contributed by atoms with E-state index in [0.29, 0.717) is 0 Å². The molecular weight excluding hydrogens is 176 g/mol.